The number of ether oxygens (including phenoxy) is 1. The maximum Gasteiger partial charge on any atom is 0.243 e. The van der Waals surface area contributed by atoms with Gasteiger partial charge in [0.15, 0.2) is 0 Å². The summed E-state index contributed by atoms with van der Waals surface area (Å²) in [5, 5.41) is 6.81. The van der Waals surface area contributed by atoms with Gasteiger partial charge in [0.2, 0.25) is 21.8 Å². The fraction of sp³-hybridized carbons (Fsp3) is 0.500. The van der Waals surface area contributed by atoms with Gasteiger partial charge in [0.1, 0.15) is 11.8 Å². The van der Waals surface area contributed by atoms with Crippen LogP contribution in [-0.2, 0) is 37.2 Å². The summed E-state index contributed by atoms with van der Waals surface area (Å²) in [7, 11) is -3.67. The van der Waals surface area contributed by atoms with Crippen molar-refractivity contribution in [3.63, 3.8) is 0 Å². The molecule has 1 aromatic carbocycles. The molecular weight excluding hydrogens is 448 g/mol. The van der Waals surface area contributed by atoms with Crippen LogP contribution in [0.5, 0.6) is 0 Å². The highest BCUT2D eigenvalue weighted by Crippen LogP contribution is 2.35. The monoisotopic (exact) mass is 476 g/mol. The first-order valence-electron chi connectivity index (χ1n) is 10.9. The second kappa shape index (κ2) is 9.24. The van der Waals surface area contributed by atoms with Gasteiger partial charge >= 0.3 is 0 Å². The average Bonchev–Trinajstić information content (AvgIpc) is 3.34. The van der Waals surface area contributed by atoms with E-state index in [4.69, 9.17) is 9.26 Å². The molecule has 33 heavy (non-hydrogen) atoms. The van der Waals surface area contributed by atoms with Gasteiger partial charge in [0, 0.05) is 44.2 Å². The minimum absolute atomic E-state index is 0.158. The van der Waals surface area contributed by atoms with E-state index in [2.05, 4.69) is 10.5 Å². The lowest BCUT2D eigenvalue weighted by Gasteiger charge is -2.26. The van der Waals surface area contributed by atoms with E-state index >= 15 is 0 Å². The van der Waals surface area contributed by atoms with E-state index in [9.17, 15) is 18.0 Å². The highest BCUT2D eigenvalue weighted by atomic mass is 32.2. The first-order chi connectivity index (χ1) is 15.7. The van der Waals surface area contributed by atoms with Crippen LogP contribution in [-0.4, -0.2) is 68.6 Å². The maximum atomic E-state index is 13.0. The van der Waals surface area contributed by atoms with Crippen LogP contribution in [0.4, 0.5) is 5.69 Å². The predicted octanol–water partition coefficient (Wildman–Crippen LogP) is 0.949. The van der Waals surface area contributed by atoms with Crippen LogP contribution in [0, 0.1) is 13.8 Å². The van der Waals surface area contributed by atoms with Gasteiger partial charge in [-0.05, 0) is 44.0 Å². The Morgan fingerprint density at radius 2 is 1.94 bits per heavy atom. The molecule has 2 aliphatic heterocycles. The fourth-order valence-corrected chi connectivity index (χ4v) is 5.87. The molecule has 2 amide bonds. The Bertz CT molecular complexity index is 1150. The zero-order valence-corrected chi connectivity index (χ0v) is 19.8. The van der Waals surface area contributed by atoms with Crippen molar-refractivity contribution in [2.24, 2.45) is 0 Å². The first kappa shape index (κ1) is 23.4. The zero-order valence-electron chi connectivity index (χ0n) is 19.0. The van der Waals surface area contributed by atoms with Crippen molar-refractivity contribution in [3.8, 4) is 0 Å². The van der Waals surface area contributed by atoms with Gasteiger partial charge in [-0.15, -0.1) is 0 Å². The Kier molecular flexibility index (Phi) is 6.55. The number of aromatic nitrogens is 1. The number of nitrogens with zero attached hydrogens (tertiary/aromatic N) is 3. The Hall–Kier alpha value is -2.76. The van der Waals surface area contributed by atoms with Gasteiger partial charge < -0.3 is 14.6 Å². The number of hydrogen-bond donors (Lipinski definition) is 1. The Morgan fingerprint density at radius 3 is 2.58 bits per heavy atom. The molecule has 11 heteroatoms. The van der Waals surface area contributed by atoms with E-state index in [1.165, 1.54) is 22.2 Å². The molecule has 0 bridgehead atoms. The minimum atomic E-state index is -3.67. The van der Waals surface area contributed by atoms with Crippen LogP contribution < -0.4 is 10.2 Å². The number of sulfonamides is 1. The third-order valence-electron chi connectivity index (χ3n) is 6.14. The summed E-state index contributed by atoms with van der Waals surface area (Å²) in [6.45, 7) is 6.77. The molecule has 0 aliphatic carbocycles. The normalized spacial score (nSPS) is 18.9. The standard InChI is InChI=1S/C22H28N4O6S/c1-14-19(15(2)32-24-14)6-7-23-22(28)21-13-17-12-18(4-5-20(17)26(21)16(3)27)33(29,30)25-8-10-31-11-9-25/h4-5,12,21H,6-11,13H2,1-3H3,(H,23,28)/t21-/m1/s1. The van der Waals surface area contributed by atoms with Gasteiger partial charge in [-0.2, -0.15) is 4.31 Å². The van der Waals surface area contributed by atoms with Gasteiger partial charge in [0.05, 0.1) is 23.8 Å². The number of carbonyl (C=O) groups excluding carboxylic acids is 2. The molecule has 0 saturated carbocycles. The van der Waals surface area contributed by atoms with Crippen molar-refractivity contribution in [1.82, 2.24) is 14.8 Å². The molecule has 2 aliphatic rings. The van der Waals surface area contributed by atoms with E-state index in [1.807, 2.05) is 13.8 Å². The minimum Gasteiger partial charge on any atom is -0.379 e. The van der Waals surface area contributed by atoms with Crippen molar-refractivity contribution in [2.45, 2.75) is 44.6 Å². The summed E-state index contributed by atoms with van der Waals surface area (Å²) in [5.74, 6) is 0.156. The summed E-state index contributed by atoms with van der Waals surface area (Å²) in [4.78, 5) is 27.0. The summed E-state index contributed by atoms with van der Waals surface area (Å²) in [6.07, 6.45) is 0.813. The summed E-state index contributed by atoms with van der Waals surface area (Å²) >= 11 is 0. The van der Waals surface area contributed by atoms with Crippen molar-refractivity contribution in [1.29, 1.82) is 0 Å². The highest BCUT2D eigenvalue weighted by molar-refractivity contribution is 7.89. The number of carbonyl (C=O) groups is 2. The fourth-order valence-electron chi connectivity index (χ4n) is 4.41. The van der Waals surface area contributed by atoms with E-state index in [1.54, 1.807) is 12.1 Å². The smallest absolute Gasteiger partial charge is 0.243 e. The van der Waals surface area contributed by atoms with Gasteiger partial charge in [0.25, 0.3) is 0 Å². The first-order valence-corrected chi connectivity index (χ1v) is 12.3. The van der Waals surface area contributed by atoms with Crippen LogP contribution in [0.2, 0.25) is 0 Å². The van der Waals surface area contributed by atoms with Crippen LogP contribution in [0.15, 0.2) is 27.6 Å². The number of fused-ring (bicyclic) bond motifs is 1. The highest BCUT2D eigenvalue weighted by Gasteiger charge is 2.38. The van der Waals surface area contributed by atoms with Crippen LogP contribution in [0.3, 0.4) is 0 Å². The molecule has 0 unspecified atom stereocenters. The molecule has 1 saturated heterocycles. The lowest BCUT2D eigenvalue weighted by molar-refractivity contribution is -0.125. The van der Waals surface area contributed by atoms with Gasteiger partial charge in [-0.1, -0.05) is 5.16 Å². The average molecular weight is 477 g/mol. The van der Waals surface area contributed by atoms with Crippen LogP contribution >= 0.6 is 0 Å². The van der Waals surface area contributed by atoms with Crippen molar-refractivity contribution >= 4 is 27.5 Å². The molecule has 0 spiro atoms. The zero-order chi connectivity index (χ0) is 23.8. The predicted molar refractivity (Wildman–Crippen MR) is 119 cm³/mol. The maximum absolute atomic E-state index is 13.0. The number of nitrogens with one attached hydrogen (secondary N) is 1. The van der Waals surface area contributed by atoms with Gasteiger partial charge in [-0.25, -0.2) is 8.42 Å². The Morgan fingerprint density at radius 1 is 1.21 bits per heavy atom. The second-order valence-electron chi connectivity index (χ2n) is 8.26. The SMILES string of the molecule is CC(=O)N1c2ccc(S(=O)(=O)N3CCOCC3)cc2C[C@@H]1C(=O)NCCc1c(C)noc1C. The Balaban J connectivity index is 1.50. The second-order valence-corrected chi connectivity index (χ2v) is 10.2. The molecule has 0 radical (unpaired) electrons. The van der Waals surface area contributed by atoms with E-state index in [0.29, 0.717) is 50.5 Å². The molecule has 1 N–H and O–H groups in total. The van der Waals surface area contributed by atoms with Gasteiger partial charge in [-0.3, -0.25) is 14.5 Å². The molecule has 1 atom stereocenters. The molecule has 10 nitrogen and oxygen atoms in total. The Labute approximate surface area is 192 Å². The lowest BCUT2D eigenvalue weighted by atomic mass is 10.1. The lowest BCUT2D eigenvalue weighted by Crippen LogP contribution is -2.47. The number of morpholine rings is 1. The summed E-state index contributed by atoms with van der Waals surface area (Å²) in [5.41, 5.74) is 2.96. The molecule has 1 fully saturated rings. The van der Waals surface area contributed by atoms with Crippen LogP contribution in [0.1, 0.15) is 29.5 Å². The molecule has 3 heterocycles. The topological polar surface area (TPSA) is 122 Å². The molecule has 4 rings (SSSR count). The number of anilines is 1. The van der Waals surface area contributed by atoms with Crippen molar-refractivity contribution in [3.05, 3.63) is 40.8 Å². The van der Waals surface area contributed by atoms with Crippen molar-refractivity contribution in [2.75, 3.05) is 37.7 Å². The molecule has 1 aromatic heterocycles. The van der Waals surface area contributed by atoms with E-state index in [0.717, 1.165) is 17.0 Å². The van der Waals surface area contributed by atoms with E-state index < -0.39 is 16.1 Å². The third kappa shape index (κ3) is 4.53. The summed E-state index contributed by atoms with van der Waals surface area (Å²) < 4.78 is 37.8. The van der Waals surface area contributed by atoms with Crippen LogP contribution in [0.25, 0.3) is 0 Å². The molecule has 178 valence electrons. The summed E-state index contributed by atoms with van der Waals surface area (Å²) in [6, 6.07) is 3.95. The number of rotatable bonds is 6. The number of benzene rings is 1. The third-order valence-corrected chi connectivity index (χ3v) is 8.04. The number of hydrogen-bond acceptors (Lipinski definition) is 7. The molecular formula is C22H28N4O6S. The quantitative estimate of drug-likeness (QED) is 0.659. The number of amides is 2. The largest absolute Gasteiger partial charge is 0.379 e. The van der Waals surface area contributed by atoms with Crippen molar-refractivity contribution < 1.29 is 27.3 Å². The number of aryl methyl sites for hydroxylation is 2. The van der Waals surface area contributed by atoms with E-state index in [-0.39, 0.29) is 23.1 Å². The molecule has 2 aromatic rings.